The van der Waals surface area contributed by atoms with Crippen LogP contribution < -0.4 is 10.2 Å². The van der Waals surface area contributed by atoms with Crippen LogP contribution in [0.1, 0.15) is 5.56 Å². The Hall–Kier alpha value is -1.40. The van der Waals surface area contributed by atoms with Gasteiger partial charge in [0.25, 0.3) is 0 Å². The van der Waals surface area contributed by atoms with Crippen molar-refractivity contribution in [3.63, 3.8) is 0 Å². The van der Waals surface area contributed by atoms with Crippen molar-refractivity contribution in [2.75, 3.05) is 44.6 Å². The fourth-order valence-electron chi connectivity index (χ4n) is 1.73. The first-order valence-electron chi connectivity index (χ1n) is 5.47. The van der Waals surface area contributed by atoms with E-state index < -0.39 is 6.10 Å². The molecule has 1 unspecified atom stereocenters. The summed E-state index contributed by atoms with van der Waals surface area (Å²) in [4.78, 5) is 10.2. The highest BCUT2D eigenvalue weighted by molar-refractivity contribution is 5.57. The molecule has 1 heterocycles. The Morgan fingerprint density at radius 3 is 2.82 bits per heavy atom. The van der Waals surface area contributed by atoms with Gasteiger partial charge in [0.2, 0.25) is 0 Å². The van der Waals surface area contributed by atoms with Crippen LogP contribution in [0.5, 0.6) is 0 Å². The van der Waals surface area contributed by atoms with Gasteiger partial charge in [0.05, 0.1) is 12.7 Å². The Kier molecular flexibility index (Phi) is 5.11. The molecular formula is C11H20N4O2. The summed E-state index contributed by atoms with van der Waals surface area (Å²) in [6, 6.07) is 0. The topological polar surface area (TPSA) is 70.5 Å². The van der Waals surface area contributed by atoms with E-state index in [1.165, 1.54) is 6.33 Å². The SMILES string of the molecule is CNc1ncnc(N(C)CC(O)COC)c1C. The number of hydrogen-bond acceptors (Lipinski definition) is 6. The minimum Gasteiger partial charge on any atom is -0.389 e. The summed E-state index contributed by atoms with van der Waals surface area (Å²) < 4.78 is 4.89. The van der Waals surface area contributed by atoms with Crippen molar-refractivity contribution in [2.45, 2.75) is 13.0 Å². The van der Waals surface area contributed by atoms with E-state index in [1.807, 2.05) is 25.9 Å². The standard InChI is InChI=1S/C11H20N4O2/c1-8-10(12-2)13-7-14-11(8)15(3)5-9(16)6-17-4/h7,9,16H,5-6H2,1-4H3,(H,12,13,14). The molecule has 1 aromatic rings. The lowest BCUT2D eigenvalue weighted by atomic mass is 10.2. The number of nitrogens with zero attached hydrogens (tertiary/aromatic N) is 3. The monoisotopic (exact) mass is 240 g/mol. The van der Waals surface area contributed by atoms with E-state index >= 15 is 0 Å². The van der Waals surface area contributed by atoms with Crippen LogP contribution in [-0.2, 0) is 4.74 Å². The first-order valence-corrected chi connectivity index (χ1v) is 5.47. The van der Waals surface area contributed by atoms with Gasteiger partial charge in [-0.3, -0.25) is 0 Å². The fraction of sp³-hybridized carbons (Fsp3) is 0.636. The highest BCUT2D eigenvalue weighted by Gasteiger charge is 2.13. The Morgan fingerprint density at radius 2 is 2.24 bits per heavy atom. The lowest BCUT2D eigenvalue weighted by molar-refractivity contribution is 0.0694. The van der Waals surface area contributed by atoms with Crippen molar-refractivity contribution in [3.8, 4) is 0 Å². The molecule has 1 aromatic heterocycles. The summed E-state index contributed by atoms with van der Waals surface area (Å²) in [6.07, 6.45) is 0.977. The number of hydrogen-bond donors (Lipinski definition) is 2. The molecule has 0 aliphatic rings. The zero-order chi connectivity index (χ0) is 12.8. The second-order valence-corrected chi connectivity index (χ2v) is 3.91. The Morgan fingerprint density at radius 1 is 1.53 bits per heavy atom. The molecule has 2 N–H and O–H groups in total. The van der Waals surface area contributed by atoms with Crippen LogP contribution in [0.2, 0.25) is 0 Å². The molecule has 0 amide bonds. The molecule has 0 radical (unpaired) electrons. The predicted molar refractivity (Wildman–Crippen MR) is 67.5 cm³/mol. The van der Waals surface area contributed by atoms with Crippen molar-refractivity contribution in [3.05, 3.63) is 11.9 Å². The van der Waals surface area contributed by atoms with Gasteiger partial charge < -0.3 is 20.1 Å². The molecule has 17 heavy (non-hydrogen) atoms. The highest BCUT2D eigenvalue weighted by Crippen LogP contribution is 2.20. The Balaban J connectivity index is 2.78. The minimum absolute atomic E-state index is 0.313. The zero-order valence-corrected chi connectivity index (χ0v) is 10.8. The molecule has 0 aliphatic carbocycles. The summed E-state index contributed by atoms with van der Waals surface area (Å²) in [5.41, 5.74) is 0.960. The molecule has 0 aliphatic heterocycles. The molecule has 1 rings (SSSR count). The first-order chi connectivity index (χ1) is 8.10. The van der Waals surface area contributed by atoms with E-state index in [1.54, 1.807) is 7.11 Å². The van der Waals surface area contributed by atoms with E-state index in [-0.39, 0.29) is 0 Å². The molecule has 0 aromatic carbocycles. The van der Waals surface area contributed by atoms with Gasteiger partial charge in [-0.25, -0.2) is 9.97 Å². The average Bonchev–Trinajstić information content (AvgIpc) is 2.29. The molecule has 96 valence electrons. The largest absolute Gasteiger partial charge is 0.389 e. The van der Waals surface area contributed by atoms with Gasteiger partial charge in [-0.15, -0.1) is 0 Å². The maximum atomic E-state index is 9.67. The maximum absolute atomic E-state index is 9.67. The Labute approximate surface area is 102 Å². The van der Waals surface area contributed by atoms with E-state index in [4.69, 9.17) is 4.74 Å². The average molecular weight is 240 g/mol. The quantitative estimate of drug-likeness (QED) is 0.744. The van der Waals surface area contributed by atoms with E-state index in [0.717, 1.165) is 17.2 Å². The van der Waals surface area contributed by atoms with Crippen LogP contribution in [0.4, 0.5) is 11.6 Å². The van der Waals surface area contributed by atoms with Crippen LogP contribution in [0.15, 0.2) is 6.33 Å². The number of rotatable bonds is 6. The summed E-state index contributed by atoms with van der Waals surface area (Å²) in [5.74, 6) is 1.60. The molecule has 6 nitrogen and oxygen atoms in total. The molecule has 0 fully saturated rings. The van der Waals surface area contributed by atoms with Gasteiger partial charge in [-0.05, 0) is 6.92 Å². The number of methoxy groups -OCH3 is 1. The molecule has 6 heteroatoms. The van der Waals surface area contributed by atoms with E-state index in [2.05, 4.69) is 15.3 Å². The normalized spacial score (nSPS) is 12.3. The number of likely N-dealkylation sites (N-methyl/N-ethyl adjacent to an activating group) is 1. The van der Waals surface area contributed by atoms with Crippen molar-refractivity contribution in [2.24, 2.45) is 0 Å². The summed E-state index contributed by atoms with van der Waals surface area (Å²) in [5, 5.41) is 12.7. The van der Waals surface area contributed by atoms with Crippen molar-refractivity contribution < 1.29 is 9.84 Å². The molecule has 1 atom stereocenters. The van der Waals surface area contributed by atoms with E-state index in [0.29, 0.717) is 13.2 Å². The van der Waals surface area contributed by atoms with Crippen LogP contribution in [0.3, 0.4) is 0 Å². The van der Waals surface area contributed by atoms with Crippen LogP contribution in [-0.4, -0.2) is 55.5 Å². The molecule has 0 bridgehead atoms. The molecular weight excluding hydrogens is 220 g/mol. The zero-order valence-electron chi connectivity index (χ0n) is 10.8. The lowest BCUT2D eigenvalue weighted by Crippen LogP contribution is -2.33. The first kappa shape index (κ1) is 13.7. The number of nitrogens with one attached hydrogen (secondary N) is 1. The van der Waals surface area contributed by atoms with Gasteiger partial charge in [0, 0.05) is 33.3 Å². The number of anilines is 2. The number of aromatic nitrogens is 2. The molecule has 0 spiro atoms. The lowest BCUT2D eigenvalue weighted by Gasteiger charge is -2.23. The molecule has 0 saturated carbocycles. The maximum Gasteiger partial charge on any atom is 0.136 e. The third kappa shape index (κ3) is 3.54. The summed E-state index contributed by atoms with van der Waals surface area (Å²) >= 11 is 0. The minimum atomic E-state index is -0.530. The van der Waals surface area contributed by atoms with E-state index in [9.17, 15) is 5.11 Å². The number of aliphatic hydroxyl groups excluding tert-OH is 1. The summed E-state index contributed by atoms with van der Waals surface area (Å²) in [7, 11) is 5.27. The molecule has 0 saturated heterocycles. The van der Waals surface area contributed by atoms with Gasteiger partial charge in [-0.2, -0.15) is 0 Å². The predicted octanol–water partition coefficient (Wildman–Crippen LogP) is 0.270. The summed E-state index contributed by atoms with van der Waals surface area (Å²) in [6.45, 7) is 2.72. The van der Waals surface area contributed by atoms with Crippen molar-refractivity contribution in [1.82, 2.24) is 9.97 Å². The second-order valence-electron chi connectivity index (χ2n) is 3.91. The third-order valence-corrected chi connectivity index (χ3v) is 2.50. The third-order valence-electron chi connectivity index (χ3n) is 2.50. The van der Waals surface area contributed by atoms with Crippen LogP contribution >= 0.6 is 0 Å². The van der Waals surface area contributed by atoms with Gasteiger partial charge >= 0.3 is 0 Å². The highest BCUT2D eigenvalue weighted by atomic mass is 16.5. The smallest absolute Gasteiger partial charge is 0.136 e. The second kappa shape index (κ2) is 6.36. The van der Waals surface area contributed by atoms with Gasteiger partial charge in [-0.1, -0.05) is 0 Å². The van der Waals surface area contributed by atoms with Gasteiger partial charge in [0.1, 0.15) is 18.0 Å². The van der Waals surface area contributed by atoms with Crippen LogP contribution in [0.25, 0.3) is 0 Å². The van der Waals surface area contributed by atoms with Crippen LogP contribution in [0, 0.1) is 6.92 Å². The van der Waals surface area contributed by atoms with Gasteiger partial charge in [0.15, 0.2) is 0 Å². The fourth-order valence-corrected chi connectivity index (χ4v) is 1.73. The van der Waals surface area contributed by atoms with Crippen molar-refractivity contribution >= 4 is 11.6 Å². The number of aliphatic hydroxyl groups is 1. The van der Waals surface area contributed by atoms with Crippen molar-refractivity contribution in [1.29, 1.82) is 0 Å². The number of ether oxygens (including phenoxy) is 1. The Bertz CT molecular complexity index is 359.